The van der Waals surface area contributed by atoms with Crippen LogP contribution in [-0.4, -0.2) is 55.4 Å². The summed E-state index contributed by atoms with van der Waals surface area (Å²) < 4.78 is 2.08. The van der Waals surface area contributed by atoms with Crippen LogP contribution in [-0.2, 0) is 11.3 Å². The summed E-state index contributed by atoms with van der Waals surface area (Å²) in [7, 11) is 0. The summed E-state index contributed by atoms with van der Waals surface area (Å²) in [5.41, 5.74) is 2.12. The van der Waals surface area contributed by atoms with Gasteiger partial charge in [0.05, 0.1) is 0 Å². The Balaban J connectivity index is 1.64. The van der Waals surface area contributed by atoms with Crippen molar-refractivity contribution in [1.82, 2.24) is 24.6 Å². The summed E-state index contributed by atoms with van der Waals surface area (Å²) in [4.78, 5) is 22.0. The summed E-state index contributed by atoms with van der Waals surface area (Å²) in [6.07, 6.45) is 6.90. The van der Waals surface area contributed by atoms with E-state index in [9.17, 15) is 9.90 Å². The second kappa shape index (κ2) is 8.78. The quantitative estimate of drug-likeness (QED) is 0.670. The number of hydrogen-bond donors (Lipinski definition) is 2. The van der Waals surface area contributed by atoms with Crippen molar-refractivity contribution in [3.05, 3.63) is 36.3 Å². The van der Waals surface area contributed by atoms with Crippen LogP contribution in [0.4, 0.5) is 0 Å². The van der Waals surface area contributed by atoms with Crippen LogP contribution in [0, 0.1) is 0 Å². The first-order valence-corrected chi connectivity index (χ1v) is 10.6. The maximum absolute atomic E-state index is 11.9. The van der Waals surface area contributed by atoms with Crippen molar-refractivity contribution in [1.29, 1.82) is 0 Å². The number of para-hydroxylation sites is 1. The van der Waals surface area contributed by atoms with Gasteiger partial charge < -0.3 is 15.0 Å². The highest BCUT2D eigenvalue weighted by atomic mass is 16.3. The van der Waals surface area contributed by atoms with E-state index in [0.717, 1.165) is 66.8 Å². The molecule has 0 saturated carbocycles. The standard InChI is InChI=1S/C22H29N5O2/c1-2-3-12-27-22(16-7-6-11-26(13-10-16)20(29)15-28)24-21(25-27)18-14-23-19-9-5-4-8-17(18)19/h4-5,8-9,14,16,23,28H,2-3,6-7,10-13,15H2,1H3. The molecule has 7 nitrogen and oxygen atoms in total. The van der Waals surface area contributed by atoms with Crippen LogP contribution in [0.1, 0.15) is 50.8 Å². The minimum Gasteiger partial charge on any atom is -0.387 e. The van der Waals surface area contributed by atoms with Gasteiger partial charge in [-0.2, -0.15) is 5.10 Å². The molecule has 1 saturated heterocycles. The van der Waals surface area contributed by atoms with E-state index >= 15 is 0 Å². The zero-order chi connectivity index (χ0) is 20.2. The monoisotopic (exact) mass is 395 g/mol. The molecule has 1 aromatic carbocycles. The van der Waals surface area contributed by atoms with Gasteiger partial charge in [0.25, 0.3) is 0 Å². The molecule has 1 aliphatic heterocycles. The highest BCUT2D eigenvalue weighted by Crippen LogP contribution is 2.31. The number of fused-ring (bicyclic) bond motifs is 1. The number of carbonyl (C=O) groups is 1. The Morgan fingerprint density at radius 2 is 2.14 bits per heavy atom. The van der Waals surface area contributed by atoms with Crippen LogP contribution in [0.2, 0.25) is 0 Å². The third-order valence-corrected chi connectivity index (χ3v) is 5.84. The molecule has 3 heterocycles. The maximum atomic E-state index is 11.9. The second-order valence-electron chi connectivity index (χ2n) is 7.78. The topological polar surface area (TPSA) is 87.0 Å². The Kier molecular flexibility index (Phi) is 5.94. The lowest BCUT2D eigenvalue weighted by atomic mass is 10.00. The third kappa shape index (κ3) is 4.05. The lowest BCUT2D eigenvalue weighted by Gasteiger charge is -2.19. The summed E-state index contributed by atoms with van der Waals surface area (Å²) in [5.74, 6) is 1.88. The fourth-order valence-corrected chi connectivity index (χ4v) is 4.20. The number of H-pyrrole nitrogens is 1. The van der Waals surface area contributed by atoms with Gasteiger partial charge in [-0.1, -0.05) is 31.5 Å². The first-order chi connectivity index (χ1) is 14.2. The molecule has 0 aliphatic carbocycles. The Morgan fingerprint density at radius 1 is 1.28 bits per heavy atom. The zero-order valence-corrected chi connectivity index (χ0v) is 17.0. The number of aliphatic hydroxyl groups excluding tert-OH is 1. The summed E-state index contributed by atoms with van der Waals surface area (Å²) in [6, 6.07) is 8.21. The Bertz CT molecular complexity index is 977. The number of nitrogens with one attached hydrogen (secondary N) is 1. The van der Waals surface area contributed by atoms with Gasteiger partial charge in [-0.15, -0.1) is 0 Å². The van der Waals surface area contributed by atoms with Crippen molar-refractivity contribution >= 4 is 16.8 Å². The number of amides is 1. The fourth-order valence-electron chi connectivity index (χ4n) is 4.20. The minimum atomic E-state index is -0.415. The average molecular weight is 396 g/mol. The smallest absolute Gasteiger partial charge is 0.248 e. The van der Waals surface area contributed by atoms with Crippen LogP contribution >= 0.6 is 0 Å². The van der Waals surface area contributed by atoms with Gasteiger partial charge >= 0.3 is 0 Å². The normalized spacial score (nSPS) is 17.6. The molecule has 1 atom stereocenters. The van der Waals surface area contributed by atoms with Crippen LogP contribution in [0.15, 0.2) is 30.5 Å². The predicted molar refractivity (Wildman–Crippen MR) is 112 cm³/mol. The van der Waals surface area contributed by atoms with Crippen LogP contribution in [0.5, 0.6) is 0 Å². The molecule has 154 valence electrons. The third-order valence-electron chi connectivity index (χ3n) is 5.84. The number of aliphatic hydroxyl groups is 1. The van der Waals surface area contributed by atoms with Gasteiger partial charge in [0, 0.05) is 48.2 Å². The van der Waals surface area contributed by atoms with Crippen molar-refractivity contribution < 1.29 is 9.90 Å². The molecule has 2 N–H and O–H groups in total. The van der Waals surface area contributed by atoms with Crippen molar-refractivity contribution in [3.8, 4) is 11.4 Å². The molecular weight excluding hydrogens is 366 g/mol. The molecule has 2 aromatic heterocycles. The first kappa shape index (κ1) is 19.6. The minimum absolute atomic E-state index is 0.183. The number of aromatic amines is 1. The van der Waals surface area contributed by atoms with Crippen LogP contribution in [0.25, 0.3) is 22.3 Å². The Hall–Kier alpha value is -2.67. The molecule has 29 heavy (non-hydrogen) atoms. The van der Waals surface area contributed by atoms with E-state index < -0.39 is 6.61 Å². The molecule has 1 fully saturated rings. The molecule has 0 bridgehead atoms. The van der Waals surface area contributed by atoms with Crippen molar-refractivity contribution in [3.63, 3.8) is 0 Å². The van der Waals surface area contributed by atoms with E-state index in [-0.39, 0.29) is 11.8 Å². The van der Waals surface area contributed by atoms with Gasteiger partial charge in [-0.05, 0) is 31.7 Å². The molecule has 1 aliphatic rings. The average Bonchev–Trinajstić information content (AvgIpc) is 3.28. The van der Waals surface area contributed by atoms with Crippen molar-refractivity contribution in [2.24, 2.45) is 0 Å². The number of aromatic nitrogens is 4. The van der Waals surface area contributed by atoms with E-state index in [1.54, 1.807) is 4.90 Å². The van der Waals surface area contributed by atoms with Crippen molar-refractivity contribution in [2.75, 3.05) is 19.7 Å². The van der Waals surface area contributed by atoms with Gasteiger partial charge in [0.1, 0.15) is 12.4 Å². The number of carbonyl (C=O) groups excluding carboxylic acids is 1. The van der Waals surface area contributed by atoms with Crippen LogP contribution < -0.4 is 0 Å². The summed E-state index contributed by atoms with van der Waals surface area (Å²) in [5, 5.41) is 15.2. The first-order valence-electron chi connectivity index (χ1n) is 10.6. The molecular formula is C22H29N5O2. The van der Waals surface area contributed by atoms with E-state index in [2.05, 4.69) is 28.7 Å². The highest BCUT2D eigenvalue weighted by molar-refractivity contribution is 5.93. The predicted octanol–water partition coefficient (Wildman–Crippen LogP) is 3.31. The molecule has 4 rings (SSSR count). The molecule has 1 unspecified atom stereocenters. The fraction of sp³-hybridized carbons (Fsp3) is 0.500. The summed E-state index contributed by atoms with van der Waals surface area (Å²) in [6.45, 7) is 3.99. The SMILES string of the molecule is CCCCn1nc(-c2c[nH]c3ccccc23)nc1C1CCCN(C(=O)CO)CC1. The van der Waals surface area contributed by atoms with E-state index in [1.165, 1.54) is 0 Å². The lowest BCUT2D eigenvalue weighted by molar-refractivity contribution is -0.134. The molecule has 3 aromatic rings. The Labute approximate surface area is 170 Å². The zero-order valence-electron chi connectivity index (χ0n) is 17.0. The molecule has 0 radical (unpaired) electrons. The number of unbranched alkanes of at least 4 members (excludes halogenated alkanes) is 1. The number of aryl methyl sites for hydroxylation is 1. The largest absolute Gasteiger partial charge is 0.387 e. The van der Waals surface area contributed by atoms with Gasteiger partial charge in [-0.3, -0.25) is 4.79 Å². The molecule has 1 amide bonds. The van der Waals surface area contributed by atoms with Gasteiger partial charge in [0.2, 0.25) is 5.91 Å². The van der Waals surface area contributed by atoms with Gasteiger partial charge in [-0.25, -0.2) is 9.67 Å². The number of hydrogen-bond acceptors (Lipinski definition) is 4. The van der Waals surface area contributed by atoms with Crippen LogP contribution in [0.3, 0.4) is 0 Å². The van der Waals surface area contributed by atoms with Gasteiger partial charge in [0.15, 0.2) is 5.82 Å². The summed E-state index contributed by atoms with van der Waals surface area (Å²) >= 11 is 0. The maximum Gasteiger partial charge on any atom is 0.248 e. The van der Waals surface area contributed by atoms with E-state index in [1.807, 2.05) is 18.3 Å². The lowest BCUT2D eigenvalue weighted by Crippen LogP contribution is -2.34. The Morgan fingerprint density at radius 3 is 2.97 bits per heavy atom. The number of nitrogens with zero attached hydrogens (tertiary/aromatic N) is 4. The molecule has 7 heteroatoms. The van der Waals surface area contributed by atoms with E-state index in [0.29, 0.717) is 13.1 Å². The van der Waals surface area contributed by atoms with E-state index in [4.69, 9.17) is 10.1 Å². The van der Waals surface area contributed by atoms with Crippen molar-refractivity contribution in [2.45, 2.75) is 51.5 Å². The highest BCUT2D eigenvalue weighted by Gasteiger charge is 2.26. The second-order valence-corrected chi connectivity index (χ2v) is 7.78. The number of rotatable bonds is 6. The number of benzene rings is 1. The molecule has 0 spiro atoms. The number of likely N-dealkylation sites (tertiary alicyclic amines) is 1.